The van der Waals surface area contributed by atoms with E-state index in [1.165, 1.54) is 12.1 Å². The number of benzene rings is 2. The monoisotopic (exact) mass is 405 g/mol. The molecule has 0 bridgehead atoms. The molecular formula is C22H20FN5O2. The molecule has 0 aliphatic carbocycles. The van der Waals surface area contributed by atoms with Crippen LogP contribution in [0, 0.1) is 5.82 Å². The van der Waals surface area contributed by atoms with Crippen molar-refractivity contribution in [2.45, 2.75) is 13.5 Å². The molecule has 0 unspecified atom stereocenters. The summed E-state index contributed by atoms with van der Waals surface area (Å²) in [6.07, 6.45) is 1.66. The molecule has 2 aromatic carbocycles. The van der Waals surface area contributed by atoms with Crippen LogP contribution in [0.2, 0.25) is 0 Å². The SMILES string of the molecule is CCOc1nc(NCc2ccc(F)cc2)nc2ncc(-c3ccc(OC)cc3)nc12. The first kappa shape index (κ1) is 19.5. The van der Waals surface area contributed by atoms with Gasteiger partial charge in [-0.25, -0.2) is 14.4 Å². The third kappa shape index (κ3) is 4.27. The van der Waals surface area contributed by atoms with Crippen LogP contribution in [0.15, 0.2) is 54.7 Å². The van der Waals surface area contributed by atoms with Crippen LogP contribution in [-0.2, 0) is 6.54 Å². The second-order valence-electron chi connectivity index (χ2n) is 6.42. The summed E-state index contributed by atoms with van der Waals surface area (Å²) in [6, 6.07) is 13.8. The van der Waals surface area contributed by atoms with Crippen molar-refractivity contribution >= 4 is 17.1 Å². The minimum absolute atomic E-state index is 0.276. The number of anilines is 1. The molecule has 2 aromatic heterocycles. The molecule has 1 N–H and O–H groups in total. The molecule has 0 aliphatic rings. The average Bonchev–Trinajstić information content (AvgIpc) is 2.79. The Balaban J connectivity index is 1.64. The number of rotatable bonds is 7. The van der Waals surface area contributed by atoms with E-state index in [4.69, 9.17) is 9.47 Å². The van der Waals surface area contributed by atoms with E-state index in [9.17, 15) is 4.39 Å². The molecule has 4 rings (SSSR count). The minimum atomic E-state index is -0.276. The summed E-state index contributed by atoms with van der Waals surface area (Å²) in [7, 11) is 1.62. The van der Waals surface area contributed by atoms with Crippen LogP contribution in [-0.4, -0.2) is 33.7 Å². The van der Waals surface area contributed by atoms with E-state index in [1.807, 2.05) is 31.2 Å². The molecule has 7 nitrogen and oxygen atoms in total. The lowest BCUT2D eigenvalue weighted by molar-refractivity contribution is 0.330. The fourth-order valence-electron chi connectivity index (χ4n) is 2.88. The topological polar surface area (TPSA) is 82.0 Å². The molecule has 0 spiro atoms. The highest BCUT2D eigenvalue weighted by Crippen LogP contribution is 2.26. The Kier molecular flexibility index (Phi) is 5.65. The van der Waals surface area contributed by atoms with E-state index in [-0.39, 0.29) is 5.82 Å². The van der Waals surface area contributed by atoms with Gasteiger partial charge in [0, 0.05) is 12.1 Å². The van der Waals surface area contributed by atoms with Gasteiger partial charge in [0.05, 0.1) is 25.6 Å². The van der Waals surface area contributed by atoms with E-state index < -0.39 is 0 Å². The maximum absolute atomic E-state index is 13.1. The van der Waals surface area contributed by atoms with Gasteiger partial charge in [-0.15, -0.1) is 0 Å². The van der Waals surface area contributed by atoms with E-state index in [0.29, 0.717) is 41.8 Å². The smallest absolute Gasteiger partial charge is 0.247 e. The summed E-state index contributed by atoms with van der Waals surface area (Å²) in [5, 5.41) is 3.12. The summed E-state index contributed by atoms with van der Waals surface area (Å²) in [4.78, 5) is 18.0. The Morgan fingerprint density at radius 3 is 2.43 bits per heavy atom. The lowest BCUT2D eigenvalue weighted by atomic mass is 10.1. The van der Waals surface area contributed by atoms with Crippen LogP contribution in [0.1, 0.15) is 12.5 Å². The van der Waals surface area contributed by atoms with Crippen LogP contribution in [0.25, 0.3) is 22.4 Å². The first-order valence-corrected chi connectivity index (χ1v) is 9.46. The maximum Gasteiger partial charge on any atom is 0.247 e. The average molecular weight is 405 g/mol. The van der Waals surface area contributed by atoms with Crippen LogP contribution < -0.4 is 14.8 Å². The number of methoxy groups -OCH3 is 1. The van der Waals surface area contributed by atoms with Crippen LogP contribution >= 0.6 is 0 Å². The highest BCUT2D eigenvalue weighted by atomic mass is 19.1. The zero-order chi connectivity index (χ0) is 20.9. The number of halogens is 1. The second-order valence-corrected chi connectivity index (χ2v) is 6.42. The number of fused-ring (bicyclic) bond motifs is 1. The Bertz CT molecular complexity index is 1150. The highest BCUT2D eigenvalue weighted by Gasteiger charge is 2.13. The fourth-order valence-corrected chi connectivity index (χ4v) is 2.88. The highest BCUT2D eigenvalue weighted by molar-refractivity contribution is 5.79. The van der Waals surface area contributed by atoms with Crippen molar-refractivity contribution in [3.63, 3.8) is 0 Å². The first-order chi connectivity index (χ1) is 14.7. The van der Waals surface area contributed by atoms with Gasteiger partial charge in [0.2, 0.25) is 11.8 Å². The summed E-state index contributed by atoms with van der Waals surface area (Å²) in [6.45, 7) is 2.74. The van der Waals surface area contributed by atoms with Crippen molar-refractivity contribution in [2.75, 3.05) is 19.0 Å². The summed E-state index contributed by atoms with van der Waals surface area (Å²) < 4.78 is 24.0. The van der Waals surface area contributed by atoms with Gasteiger partial charge in [0.15, 0.2) is 11.2 Å². The predicted octanol–water partition coefficient (Wildman–Crippen LogP) is 4.25. The van der Waals surface area contributed by atoms with Gasteiger partial charge >= 0.3 is 0 Å². The number of ether oxygens (including phenoxy) is 2. The first-order valence-electron chi connectivity index (χ1n) is 9.46. The maximum atomic E-state index is 13.1. The zero-order valence-electron chi connectivity index (χ0n) is 16.6. The molecule has 0 fully saturated rings. The van der Waals surface area contributed by atoms with Crippen molar-refractivity contribution in [3.05, 3.63) is 66.1 Å². The van der Waals surface area contributed by atoms with Gasteiger partial charge in [-0.1, -0.05) is 12.1 Å². The van der Waals surface area contributed by atoms with Gasteiger partial charge in [-0.2, -0.15) is 9.97 Å². The van der Waals surface area contributed by atoms with Crippen molar-refractivity contribution in [2.24, 2.45) is 0 Å². The van der Waals surface area contributed by atoms with E-state index in [1.54, 1.807) is 25.4 Å². The Morgan fingerprint density at radius 1 is 0.967 bits per heavy atom. The van der Waals surface area contributed by atoms with E-state index in [0.717, 1.165) is 16.9 Å². The van der Waals surface area contributed by atoms with Crippen LogP contribution in [0.3, 0.4) is 0 Å². The summed E-state index contributed by atoms with van der Waals surface area (Å²) in [5.74, 6) is 1.21. The fraction of sp³-hybridized carbons (Fsp3) is 0.182. The number of aromatic nitrogens is 4. The normalized spacial score (nSPS) is 10.8. The Hall–Kier alpha value is -3.81. The van der Waals surface area contributed by atoms with Gasteiger partial charge in [0.1, 0.15) is 11.6 Å². The summed E-state index contributed by atoms with van der Waals surface area (Å²) in [5.41, 5.74) is 3.39. The van der Waals surface area contributed by atoms with Crippen molar-refractivity contribution in [1.82, 2.24) is 19.9 Å². The molecule has 0 saturated heterocycles. The van der Waals surface area contributed by atoms with Crippen LogP contribution in [0.4, 0.5) is 10.3 Å². The molecule has 0 amide bonds. The molecule has 8 heteroatoms. The minimum Gasteiger partial charge on any atom is -0.497 e. The molecule has 0 radical (unpaired) electrons. The molecule has 2 heterocycles. The zero-order valence-corrected chi connectivity index (χ0v) is 16.6. The molecule has 152 valence electrons. The van der Waals surface area contributed by atoms with E-state index >= 15 is 0 Å². The van der Waals surface area contributed by atoms with Gasteiger partial charge in [-0.05, 0) is 48.9 Å². The predicted molar refractivity (Wildman–Crippen MR) is 112 cm³/mol. The van der Waals surface area contributed by atoms with Crippen molar-refractivity contribution < 1.29 is 13.9 Å². The molecule has 0 aliphatic heterocycles. The van der Waals surface area contributed by atoms with Gasteiger partial charge in [0.25, 0.3) is 0 Å². The molecule has 0 atom stereocenters. The van der Waals surface area contributed by atoms with Gasteiger partial charge in [-0.3, -0.25) is 0 Å². The molecule has 4 aromatic rings. The number of nitrogens with zero attached hydrogens (tertiary/aromatic N) is 4. The largest absolute Gasteiger partial charge is 0.497 e. The number of hydrogen-bond acceptors (Lipinski definition) is 7. The molecule has 30 heavy (non-hydrogen) atoms. The van der Waals surface area contributed by atoms with Crippen molar-refractivity contribution in [1.29, 1.82) is 0 Å². The Labute approximate surface area is 173 Å². The van der Waals surface area contributed by atoms with Crippen LogP contribution in [0.5, 0.6) is 11.6 Å². The lowest BCUT2D eigenvalue weighted by Gasteiger charge is -2.10. The quantitative estimate of drug-likeness (QED) is 0.492. The van der Waals surface area contributed by atoms with Crippen molar-refractivity contribution in [3.8, 4) is 22.9 Å². The summed E-state index contributed by atoms with van der Waals surface area (Å²) >= 11 is 0. The Morgan fingerprint density at radius 2 is 1.73 bits per heavy atom. The standard InChI is InChI=1S/C22H20FN5O2/c1-3-30-21-19-20(24-13-18(26-19)15-6-10-17(29-2)11-7-15)27-22(28-21)25-12-14-4-8-16(23)9-5-14/h4-11,13H,3,12H2,1-2H3,(H,24,25,27,28). The molecule has 0 saturated carbocycles. The lowest BCUT2D eigenvalue weighted by Crippen LogP contribution is -2.07. The molecular weight excluding hydrogens is 385 g/mol. The second kappa shape index (κ2) is 8.69. The van der Waals surface area contributed by atoms with E-state index in [2.05, 4.69) is 25.3 Å². The third-order valence-corrected chi connectivity index (χ3v) is 4.41. The van der Waals surface area contributed by atoms with Gasteiger partial charge < -0.3 is 14.8 Å². The number of hydrogen-bond donors (Lipinski definition) is 1. The number of nitrogens with one attached hydrogen (secondary N) is 1. The third-order valence-electron chi connectivity index (χ3n) is 4.41.